The lowest BCUT2D eigenvalue weighted by atomic mass is 9.95. The van der Waals surface area contributed by atoms with Gasteiger partial charge in [-0.15, -0.1) is 0 Å². The molecule has 2 heterocycles. The summed E-state index contributed by atoms with van der Waals surface area (Å²) in [6.45, 7) is 6.39. The van der Waals surface area contributed by atoms with E-state index >= 15 is 4.39 Å². The highest BCUT2D eigenvalue weighted by Crippen LogP contribution is 2.46. The van der Waals surface area contributed by atoms with E-state index in [-0.39, 0.29) is 0 Å². The molecule has 5 nitrogen and oxygen atoms in total. The lowest BCUT2D eigenvalue weighted by molar-refractivity contribution is 0.0382. The van der Waals surface area contributed by atoms with Crippen LogP contribution in [0.1, 0.15) is 0 Å². The SMILES string of the molecule is C=CC(O)N1CCN(c2snc3c(F)c(-c4c(OC)ccc5ccccc45)c(Cl)cc23)CC1. The van der Waals surface area contributed by atoms with Crippen LogP contribution in [0, 0.1) is 5.82 Å². The van der Waals surface area contributed by atoms with E-state index in [1.165, 1.54) is 17.6 Å². The van der Waals surface area contributed by atoms with E-state index in [1.54, 1.807) is 13.2 Å². The molecule has 5 rings (SSSR count). The van der Waals surface area contributed by atoms with Crippen LogP contribution in [-0.4, -0.2) is 53.9 Å². The number of fused-ring (bicyclic) bond motifs is 2. The summed E-state index contributed by atoms with van der Waals surface area (Å²) in [5, 5.41) is 13.7. The lowest BCUT2D eigenvalue weighted by Crippen LogP contribution is -2.49. The maximum Gasteiger partial charge on any atom is 0.160 e. The Labute approximate surface area is 200 Å². The van der Waals surface area contributed by atoms with Crippen LogP contribution in [0.25, 0.3) is 32.8 Å². The van der Waals surface area contributed by atoms with E-state index in [0.29, 0.717) is 59.0 Å². The number of benzene rings is 3. The van der Waals surface area contributed by atoms with Crippen LogP contribution in [0.5, 0.6) is 5.75 Å². The van der Waals surface area contributed by atoms with Crippen molar-refractivity contribution in [3.8, 4) is 16.9 Å². The monoisotopic (exact) mass is 483 g/mol. The number of aromatic nitrogens is 1. The second kappa shape index (κ2) is 8.91. The van der Waals surface area contributed by atoms with Gasteiger partial charge in [0.15, 0.2) is 5.82 Å². The van der Waals surface area contributed by atoms with Crippen LogP contribution in [0.4, 0.5) is 9.39 Å². The van der Waals surface area contributed by atoms with Crippen LogP contribution >= 0.6 is 23.1 Å². The van der Waals surface area contributed by atoms with E-state index in [4.69, 9.17) is 16.3 Å². The van der Waals surface area contributed by atoms with Crippen LogP contribution < -0.4 is 9.64 Å². The molecule has 33 heavy (non-hydrogen) atoms. The molecule has 4 aromatic rings. The molecule has 1 aliphatic rings. The highest BCUT2D eigenvalue weighted by molar-refractivity contribution is 7.11. The van der Waals surface area contributed by atoms with Crippen LogP contribution in [0.15, 0.2) is 55.1 Å². The minimum absolute atomic E-state index is 0.300. The molecule has 170 valence electrons. The van der Waals surface area contributed by atoms with Gasteiger partial charge < -0.3 is 14.7 Å². The zero-order valence-electron chi connectivity index (χ0n) is 18.1. The molecule has 1 saturated heterocycles. The molecule has 0 spiro atoms. The van der Waals surface area contributed by atoms with E-state index in [9.17, 15) is 5.11 Å². The molecule has 1 aromatic heterocycles. The summed E-state index contributed by atoms with van der Waals surface area (Å²) in [6, 6.07) is 13.4. The standard InChI is InChI=1S/C25H23ClFN3O2S/c1-3-20(31)29-10-12-30(13-11-29)25-17-14-18(26)22(23(27)24(17)28-33-25)21-16-7-5-4-6-15(16)8-9-19(21)32-2/h3-9,14,20,31H,1,10-13H2,2H3. The summed E-state index contributed by atoms with van der Waals surface area (Å²) in [5.41, 5.74) is 1.23. The summed E-state index contributed by atoms with van der Waals surface area (Å²) < 4.78 is 26.0. The van der Waals surface area contributed by atoms with Gasteiger partial charge in [0, 0.05) is 42.7 Å². The van der Waals surface area contributed by atoms with Gasteiger partial charge in [-0.1, -0.05) is 48.5 Å². The first kappa shape index (κ1) is 22.1. The van der Waals surface area contributed by atoms with Crippen molar-refractivity contribution < 1.29 is 14.2 Å². The minimum atomic E-state index is -0.657. The molecule has 0 saturated carbocycles. The third-order valence-electron chi connectivity index (χ3n) is 6.19. The fourth-order valence-corrected chi connectivity index (χ4v) is 5.67. The van der Waals surface area contributed by atoms with Gasteiger partial charge in [-0.3, -0.25) is 4.90 Å². The van der Waals surface area contributed by atoms with E-state index in [1.807, 2.05) is 41.3 Å². The molecular formula is C25H23ClFN3O2S. The molecule has 0 radical (unpaired) electrons. The van der Waals surface area contributed by atoms with E-state index in [0.717, 1.165) is 15.8 Å². The topological polar surface area (TPSA) is 48.8 Å². The molecule has 1 N–H and O–H groups in total. The fourth-order valence-electron chi connectivity index (χ4n) is 4.47. The maximum absolute atomic E-state index is 16.0. The van der Waals surface area contributed by atoms with Gasteiger partial charge in [0.05, 0.1) is 12.1 Å². The number of methoxy groups -OCH3 is 1. The largest absolute Gasteiger partial charge is 0.496 e. The molecule has 0 amide bonds. The predicted molar refractivity (Wildman–Crippen MR) is 134 cm³/mol. The number of halogens is 2. The normalized spacial score (nSPS) is 15.8. The number of rotatable bonds is 5. The third-order valence-corrected chi connectivity index (χ3v) is 7.42. The maximum atomic E-state index is 16.0. The Morgan fingerprint density at radius 2 is 1.91 bits per heavy atom. The first-order valence-corrected chi connectivity index (χ1v) is 11.8. The molecule has 8 heteroatoms. The number of aliphatic hydroxyl groups excluding tert-OH is 1. The van der Waals surface area contributed by atoms with Gasteiger partial charge in [0.2, 0.25) is 0 Å². The highest BCUT2D eigenvalue weighted by Gasteiger charge is 2.27. The molecule has 1 atom stereocenters. The number of ether oxygens (including phenoxy) is 1. The summed E-state index contributed by atoms with van der Waals surface area (Å²) in [5.74, 6) is 0.108. The number of anilines is 1. The smallest absolute Gasteiger partial charge is 0.160 e. The Kier molecular flexibility index (Phi) is 5.97. The third kappa shape index (κ3) is 3.75. The molecule has 1 fully saturated rings. The Bertz CT molecular complexity index is 1350. The molecule has 1 unspecified atom stereocenters. The second-order valence-electron chi connectivity index (χ2n) is 7.97. The molecule has 3 aromatic carbocycles. The number of aliphatic hydroxyl groups is 1. The zero-order chi connectivity index (χ0) is 23.1. The Balaban J connectivity index is 1.60. The van der Waals surface area contributed by atoms with Crippen molar-refractivity contribution in [2.24, 2.45) is 0 Å². The summed E-state index contributed by atoms with van der Waals surface area (Å²) in [4.78, 5) is 4.12. The quantitative estimate of drug-likeness (QED) is 0.377. The first-order valence-electron chi connectivity index (χ1n) is 10.7. The van der Waals surface area contributed by atoms with Crippen molar-refractivity contribution in [3.63, 3.8) is 0 Å². The van der Waals surface area contributed by atoms with Gasteiger partial charge in [-0.2, -0.15) is 4.37 Å². The average molecular weight is 484 g/mol. The lowest BCUT2D eigenvalue weighted by Gasteiger charge is -2.36. The van der Waals surface area contributed by atoms with Crippen molar-refractivity contribution >= 4 is 49.8 Å². The fraction of sp³-hybridized carbons (Fsp3) is 0.240. The zero-order valence-corrected chi connectivity index (χ0v) is 19.7. The van der Waals surface area contributed by atoms with Gasteiger partial charge in [0.25, 0.3) is 0 Å². The van der Waals surface area contributed by atoms with Crippen molar-refractivity contribution in [2.75, 3.05) is 38.2 Å². The Hall–Kier alpha value is -2.71. The average Bonchev–Trinajstić information content (AvgIpc) is 3.27. The van der Waals surface area contributed by atoms with Crippen molar-refractivity contribution in [1.82, 2.24) is 9.27 Å². The minimum Gasteiger partial charge on any atom is -0.496 e. The van der Waals surface area contributed by atoms with Gasteiger partial charge in [0.1, 0.15) is 22.5 Å². The number of nitrogens with zero attached hydrogens (tertiary/aromatic N) is 3. The summed E-state index contributed by atoms with van der Waals surface area (Å²) in [7, 11) is 1.57. The van der Waals surface area contributed by atoms with Crippen LogP contribution in [-0.2, 0) is 0 Å². The number of hydrogen-bond acceptors (Lipinski definition) is 6. The highest BCUT2D eigenvalue weighted by atomic mass is 35.5. The number of piperazine rings is 1. The first-order chi connectivity index (χ1) is 16.0. The van der Waals surface area contributed by atoms with Crippen LogP contribution in [0.3, 0.4) is 0 Å². The van der Waals surface area contributed by atoms with E-state index in [2.05, 4.69) is 15.9 Å². The predicted octanol–water partition coefficient (Wildman–Crippen LogP) is 5.54. The van der Waals surface area contributed by atoms with Gasteiger partial charge in [-0.05, 0) is 40.5 Å². The van der Waals surface area contributed by atoms with E-state index < -0.39 is 12.0 Å². The molecule has 1 aliphatic heterocycles. The second-order valence-corrected chi connectivity index (χ2v) is 9.13. The summed E-state index contributed by atoms with van der Waals surface area (Å²) >= 11 is 8.00. The molecule has 0 aliphatic carbocycles. The molecular weight excluding hydrogens is 461 g/mol. The molecule has 0 bridgehead atoms. The van der Waals surface area contributed by atoms with Crippen molar-refractivity contribution in [3.05, 3.63) is 66.0 Å². The van der Waals surface area contributed by atoms with Crippen LogP contribution in [0.2, 0.25) is 5.02 Å². The Morgan fingerprint density at radius 3 is 2.64 bits per heavy atom. The Morgan fingerprint density at radius 1 is 1.15 bits per heavy atom. The van der Waals surface area contributed by atoms with Gasteiger partial charge >= 0.3 is 0 Å². The number of hydrogen-bond donors (Lipinski definition) is 1. The van der Waals surface area contributed by atoms with Crippen molar-refractivity contribution in [2.45, 2.75) is 6.23 Å². The van der Waals surface area contributed by atoms with Gasteiger partial charge in [-0.25, -0.2) is 4.39 Å². The van der Waals surface area contributed by atoms with Crippen molar-refractivity contribution in [1.29, 1.82) is 0 Å². The summed E-state index contributed by atoms with van der Waals surface area (Å²) in [6.07, 6.45) is 0.867.